The van der Waals surface area contributed by atoms with E-state index in [0.717, 1.165) is 92.6 Å². The quantitative estimate of drug-likeness (QED) is 0.117. The molecule has 0 atom stereocenters. The summed E-state index contributed by atoms with van der Waals surface area (Å²) in [5.41, 5.74) is 16.1. The third kappa shape index (κ3) is 11.4. The zero-order valence-electron chi connectivity index (χ0n) is 53.9. The van der Waals surface area contributed by atoms with E-state index < -0.39 is 0 Å². The SMILES string of the molecule is Brc1ccc(Br)c2nc(-c3ccccc3)c(-c3ccccc3)nc12.CC1(C)OB(c2c3ccccc3cc3ccccc23)OC1(C)C.c1ccc(-c2nc3c(-c4c5ccccc5cc5ccccc45)ccc(-c4c5ccccc5cc5ccccc45)c3nc2-c2ccccc2)cc1. The number of nitrogens with zero attached hydrogens (tertiary/aromatic N) is 4. The van der Waals surface area contributed by atoms with Gasteiger partial charge < -0.3 is 9.31 Å². The Labute approximate surface area is 580 Å². The van der Waals surface area contributed by atoms with E-state index in [1.807, 2.05) is 48.5 Å². The fourth-order valence-corrected chi connectivity index (χ4v) is 14.5. The van der Waals surface area contributed by atoms with Crippen LogP contribution in [0, 0.1) is 0 Å². The van der Waals surface area contributed by atoms with Crippen LogP contribution in [0.25, 0.3) is 154 Å². The minimum absolute atomic E-state index is 0.338. The molecule has 0 aliphatic carbocycles. The largest absolute Gasteiger partial charge is 0.496 e. The molecule has 0 spiro atoms. The van der Waals surface area contributed by atoms with Gasteiger partial charge in [-0.15, -0.1) is 0 Å². The highest BCUT2D eigenvalue weighted by Crippen LogP contribution is 2.47. The molecule has 0 bridgehead atoms. The zero-order chi connectivity index (χ0) is 65.8. The lowest BCUT2D eigenvalue weighted by atomic mass is 9.73. The maximum atomic E-state index is 6.34. The Hall–Kier alpha value is -10.5. The number of hydrogen-bond acceptors (Lipinski definition) is 6. The Morgan fingerprint density at radius 2 is 0.505 bits per heavy atom. The molecule has 2 aromatic heterocycles. The second-order valence-corrected chi connectivity index (χ2v) is 27.3. The number of rotatable bonds is 7. The highest BCUT2D eigenvalue weighted by molar-refractivity contribution is 9.11. The fraction of sp³-hybridized carbons (Fsp3) is 0.0682. The summed E-state index contributed by atoms with van der Waals surface area (Å²) in [7, 11) is -0.351. The summed E-state index contributed by atoms with van der Waals surface area (Å²) < 4.78 is 14.6. The third-order valence-corrected chi connectivity index (χ3v) is 20.4. The minimum atomic E-state index is -0.351. The molecule has 3 heterocycles. The molecular weight excluding hydrogens is 1320 g/mol. The van der Waals surface area contributed by atoms with Gasteiger partial charge in [-0.3, -0.25) is 0 Å². The van der Waals surface area contributed by atoms with Crippen molar-refractivity contribution in [3.63, 3.8) is 0 Å². The van der Waals surface area contributed by atoms with Gasteiger partial charge in [-0.1, -0.05) is 279 Å². The molecule has 1 fully saturated rings. The fourth-order valence-electron chi connectivity index (χ4n) is 13.7. The molecule has 1 aliphatic rings. The van der Waals surface area contributed by atoms with Crippen LogP contribution < -0.4 is 5.46 Å². The predicted octanol–water partition coefficient (Wildman–Crippen LogP) is 23.7. The molecule has 0 saturated carbocycles. The molecule has 0 unspecified atom stereocenters. The molecule has 1 aliphatic heterocycles. The van der Waals surface area contributed by atoms with Gasteiger partial charge in [0.15, 0.2) is 0 Å². The summed E-state index contributed by atoms with van der Waals surface area (Å²) in [6, 6.07) is 108. The van der Waals surface area contributed by atoms with Gasteiger partial charge >= 0.3 is 7.12 Å². The summed E-state index contributed by atoms with van der Waals surface area (Å²) >= 11 is 7.19. The van der Waals surface area contributed by atoms with Crippen molar-refractivity contribution in [1.82, 2.24) is 19.9 Å². The van der Waals surface area contributed by atoms with E-state index >= 15 is 0 Å². The topological polar surface area (TPSA) is 70.0 Å². The van der Waals surface area contributed by atoms with E-state index in [1.165, 1.54) is 75.8 Å². The van der Waals surface area contributed by atoms with Crippen LogP contribution in [0.15, 0.2) is 318 Å². The van der Waals surface area contributed by atoms with Crippen molar-refractivity contribution in [3.05, 3.63) is 318 Å². The molecule has 6 nitrogen and oxygen atoms in total. The Morgan fingerprint density at radius 3 is 0.794 bits per heavy atom. The molecule has 9 heteroatoms. The minimum Gasteiger partial charge on any atom is -0.399 e. The smallest absolute Gasteiger partial charge is 0.399 e. The Kier molecular flexibility index (Phi) is 16.2. The Bertz CT molecular complexity index is 5410. The molecule has 464 valence electrons. The predicted molar refractivity (Wildman–Crippen MR) is 414 cm³/mol. The molecule has 17 aromatic rings. The van der Waals surface area contributed by atoms with Gasteiger partial charge in [-0.25, -0.2) is 19.9 Å². The number of aromatic nitrogens is 4. The molecular formula is C88H63BBr2N4O2. The van der Waals surface area contributed by atoms with Crippen LogP contribution in [0.5, 0.6) is 0 Å². The van der Waals surface area contributed by atoms with Crippen molar-refractivity contribution in [2.24, 2.45) is 0 Å². The van der Waals surface area contributed by atoms with Crippen LogP contribution in [-0.4, -0.2) is 38.3 Å². The van der Waals surface area contributed by atoms with Gasteiger partial charge in [0.05, 0.1) is 45.0 Å². The number of fused-ring (bicyclic) bond motifs is 8. The van der Waals surface area contributed by atoms with Crippen molar-refractivity contribution < 1.29 is 9.31 Å². The second-order valence-electron chi connectivity index (χ2n) is 25.6. The summed E-state index contributed by atoms with van der Waals surface area (Å²) in [5.74, 6) is 0. The first kappa shape index (κ1) is 61.4. The average Bonchev–Trinajstić information content (AvgIpc) is 1.15. The van der Waals surface area contributed by atoms with Gasteiger partial charge in [0, 0.05) is 42.3 Å². The van der Waals surface area contributed by atoms with E-state index in [1.54, 1.807) is 0 Å². The van der Waals surface area contributed by atoms with Gasteiger partial charge in [0.1, 0.15) is 11.0 Å². The molecule has 0 radical (unpaired) electrons. The van der Waals surface area contributed by atoms with Crippen LogP contribution in [-0.2, 0) is 9.31 Å². The molecule has 15 aromatic carbocycles. The summed E-state index contributed by atoms with van der Waals surface area (Å²) in [5, 5.41) is 14.5. The summed E-state index contributed by atoms with van der Waals surface area (Å²) in [4.78, 5) is 21.3. The molecule has 97 heavy (non-hydrogen) atoms. The lowest BCUT2D eigenvalue weighted by Gasteiger charge is -2.32. The summed E-state index contributed by atoms with van der Waals surface area (Å²) in [6.45, 7) is 8.39. The Balaban J connectivity index is 0.000000130. The van der Waals surface area contributed by atoms with Gasteiger partial charge in [0.25, 0.3) is 0 Å². The van der Waals surface area contributed by atoms with Crippen LogP contribution in [0.2, 0.25) is 0 Å². The highest BCUT2D eigenvalue weighted by Gasteiger charge is 2.52. The van der Waals surface area contributed by atoms with Crippen molar-refractivity contribution in [2.45, 2.75) is 38.9 Å². The lowest BCUT2D eigenvalue weighted by Crippen LogP contribution is -2.41. The van der Waals surface area contributed by atoms with Crippen LogP contribution >= 0.6 is 31.9 Å². The number of hydrogen-bond donors (Lipinski definition) is 0. The number of halogens is 2. The first-order valence-corrected chi connectivity index (χ1v) is 34.3. The zero-order valence-corrected chi connectivity index (χ0v) is 57.1. The Morgan fingerprint density at radius 1 is 0.268 bits per heavy atom. The maximum Gasteiger partial charge on any atom is 0.496 e. The normalized spacial score (nSPS) is 13.3. The van der Waals surface area contributed by atoms with Gasteiger partial charge in [-0.2, -0.15) is 0 Å². The second kappa shape index (κ2) is 25.6. The van der Waals surface area contributed by atoms with Crippen molar-refractivity contribution in [2.75, 3.05) is 0 Å². The lowest BCUT2D eigenvalue weighted by molar-refractivity contribution is 0.00578. The van der Waals surface area contributed by atoms with Crippen LogP contribution in [0.3, 0.4) is 0 Å². The van der Waals surface area contributed by atoms with E-state index in [4.69, 9.17) is 29.2 Å². The van der Waals surface area contributed by atoms with Crippen LogP contribution in [0.1, 0.15) is 27.7 Å². The maximum absolute atomic E-state index is 6.34. The van der Waals surface area contributed by atoms with Gasteiger partial charge in [-0.05, 0) is 171 Å². The van der Waals surface area contributed by atoms with Gasteiger partial charge in [0.2, 0.25) is 0 Å². The van der Waals surface area contributed by atoms with E-state index in [-0.39, 0.29) is 18.3 Å². The van der Waals surface area contributed by atoms with Crippen molar-refractivity contribution in [1.29, 1.82) is 0 Å². The first-order chi connectivity index (χ1) is 47.4. The standard InChI is InChI=1S/C48H30N2.C20H21BO2.C20H12Br2N2/c1-3-15-31(16-4-1)45-46(32-17-5-2-6-18-32)50-48-42(44-39-25-13-9-21-35(39)30-36-22-10-14-26-40(36)44)28-27-41(47(48)49-45)43-37-23-11-7-19-33(37)29-34-20-8-12-24-38(34)43;1-19(2)20(3,4)23-21(22-19)18-16-11-7-5-9-14(16)13-15-10-6-8-12-17(15)18;21-15-11-12-16(22)20-19(15)23-17(13-7-3-1-4-8-13)18(24-20)14-9-5-2-6-10-14/h1-30H;5-13H,1-4H3;1-12H. The molecule has 1 saturated heterocycles. The summed E-state index contributed by atoms with van der Waals surface area (Å²) in [6.07, 6.45) is 0. The first-order valence-electron chi connectivity index (χ1n) is 32.7. The van der Waals surface area contributed by atoms with Crippen LogP contribution in [0.4, 0.5) is 0 Å². The average molecular weight is 1380 g/mol. The molecule has 18 rings (SSSR count). The third-order valence-electron chi connectivity index (χ3n) is 19.1. The molecule has 0 N–H and O–H groups in total. The van der Waals surface area contributed by atoms with E-state index in [9.17, 15) is 0 Å². The van der Waals surface area contributed by atoms with E-state index in [2.05, 4.69) is 320 Å². The van der Waals surface area contributed by atoms with Crippen molar-refractivity contribution in [3.8, 4) is 67.3 Å². The highest BCUT2D eigenvalue weighted by atomic mass is 79.9. The van der Waals surface area contributed by atoms with E-state index in [0.29, 0.717) is 0 Å². The molecule has 0 amide bonds. The van der Waals surface area contributed by atoms with Crippen molar-refractivity contribution >= 4 is 131 Å². The number of benzene rings is 15. The monoisotopic (exact) mass is 1380 g/mol.